The number of rotatable bonds is 7. The zero-order valence-corrected chi connectivity index (χ0v) is 19.2. The number of carbonyl (C=O) groups excluding carboxylic acids is 2. The van der Waals surface area contributed by atoms with E-state index in [-0.39, 0.29) is 41.4 Å². The average Bonchev–Trinajstić information content (AvgIpc) is 3.25. The molecule has 0 saturated carbocycles. The van der Waals surface area contributed by atoms with Crippen LogP contribution in [-0.2, 0) is 29.4 Å². The molecule has 0 radical (unpaired) electrons. The molecule has 0 unspecified atom stereocenters. The minimum Gasteiger partial charge on any atom is -0.460 e. The molecule has 1 fully saturated rings. The van der Waals surface area contributed by atoms with Gasteiger partial charge in [-0.3, -0.25) is 4.79 Å². The first kappa shape index (κ1) is 24.0. The van der Waals surface area contributed by atoms with Gasteiger partial charge in [0.25, 0.3) is 10.0 Å². The van der Waals surface area contributed by atoms with Crippen LogP contribution in [0.15, 0.2) is 50.8 Å². The summed E-state index contributed by atoms with van der Waals surface area (Å²) in [4.78, 5) is 24.4. The van der Waals surface area contributed by atoms with Crippen molar-refractivity contribution in [2.75, 3.05) is 31.3 Å². The lowest BCUT2D eigenvalue weighted by Crippen LogP contribution is -2.41. The molecule has 1 N–H and O–H groups in total. The van der Waals surface area contributed by atoms with Crippen LogP contribution in [0.3, 0.4) is 0 Å². The Morgan fingerprint density at radius 1 is 1.06 bits per heavy atom. The lowest BCUT2D eigenvalue weighted by molar-refractivity contribution is -0.120. The minimum absolute atomic E-state index is 0.114. The van der Waals surface area contributed by atoms with Gasteiger partial charge < -0.3 is 14.5 Å². The predicted octanol–water partition coefficient (Wildman–Crippen LogP) is 1.90. The number of nitrogens with zero attached hydrogens (tertiary/aromatic N) is 1. The van der Waals surface area contributed by atoms with E-state index in [1.807, 2.05) is 0 Å². The number of sulfone groups is 1. The smallest absolute Gasteiger partial charge is 0.374 e. The van der Waals surface area contributed by atoms with Gasteiger partial charge in [-0.15, -0.1) is 0 Å². The fourth-order valence-corrected chi connectivity index (χ4v) is 5.30. The van der Waals surface area contributed by atoms with Crippen molar-refractivity contribution in [2.24, 2.45) is 5.92 Å². The highest BCUT2D eigenvalue weighted by Crippen LogP contribution is 2.26. The first-order valence-corrected chi connectivity index (χ1v) is 13.2. The van der Waals surface area contributed by atoms with Gasteiger partial charge >= 0.3 is 5.97 Å². The Balaban J connectivity index is 1.59. The number of hydrogen-bond donors (Lipinski definition) is 1. The minimum atomic E-state index is -3.95. The Kier molecular flexibility index (Phi) is 7.06. The Bertz CT molecular complexity index is 1190. The summed E-state index contributed by atoms with van der Waals surface area (Å²) in [5.74, 6) is -1.60. The number of sulfonamides is 1. The van der Waals surface area contributed by atoms with E-state index < -0.39 is 31.7 Å². The molecule has 1 aliphatic rings. The molecule has 10 nitrogen and oxygen atoms in total. The van der Waals surface area contributed by atoms with Crippen LogP contribution in [0.4, 0.5) is 5.69 Å². The Labute approximate surface area is 186 Å². The maximum atomic E-state index is 12.8. The van der Waals surface area contributed by atoms with Crippen LogP contribution < -0.4 is 5.32 Å². The molecule has 174 valence electrons. The number of nitrogens with one attached hydrogen (secondary N) is 1. The largest absolute Gasteiger partial charge is 0.460 e. The quantitative estimate of drug-likeness (QED) is 0.588. The zero-order chi connectivity index (χ0) is 23.5. The topological polar surface area (TPSA) is 140 Å². The number of ether oxygens (including phenoxy) is 1. The van der Waals surface area contributed by atoms with Crippen LogP contribution in [-0.4, -0.2) is 59.0 Å². The van der Waals surface area contributed by atoms with Gasteiger partial charge in [0, 0.05) is 31.0 Å². The molecule has 1 amide bonds. The Morgan fingerprint density at radius 3 is 2.25 bits per heavy atom. The first-order valence-electron chi connectivity index (χ1n) is 9.90. The summed E-state index contributed by atoms with van der Waals surface area (Å²) in [6.07, 6.45) is 1.71. The monoisotopic (exact) mass is 484 g/mol. The van der Waals surface area contributed by atoms with Crippen molar-refractivity contribution in [3.05, 3.63) is 42.2 Å². The Morgan fingerprint density at radius 2 is 1.69 bits per heavy atom. The van der Waals surface area contributed by atoms with Crippen LogP contribution in [0.2, 0.25) is 0 Å². The van der Waals surface area contributed by atoms with E-state index >= 15 is 0 Å². The third-order valence-corrected chi connectivity index (χ3v) is 7.93. The van der Waals surface area contributed by atoms with E-state index in [9.17, 15) is 26.4 Å². The fourth-order valence-electron chi connectivity index (χ4n) is 3.29. The molecule has 1 aromatic carbocycles. The molecular formula is C20H24N2O8S2. The predicted molar refractivity (Wildman–Crippen MR) is 114 cm³/mol. The molecule has 0 spiro atoms. The van der Waals surface area contributed by atoms with E-state index in [0.29, 0.717) is 18.5 Å². The van der Waals surface area contributed by atoms with Gasteiger partial charge in [0.15, 0.2) is 9.84 Å². The lowest BCUT2D eigenvalue weighted by Gasteiger charge is -2.29. The summed E-state index contributed by atoms with van der Waals surface area (Å²) >= 11 is 0. The average molecular weight is 485 g/mol. The third kappa shape index (κ3) is 5.37. The van der Waals surface area contributed by atoms with Crippen molar-refractivity contribution in [1.82, 2.24) is 4.31 Å². The van der Waals surface area contributed by atoms with Gasteiger partial charge in [-0.1, -0.05) is 0 Å². The van der Waals surface area contributed by atoms with Crippen molar-refractivity contribution in [3.63, 3.8) is 0 Å². The van der Waals surface area contributed by atoms with Crippen molar-refractivity contribution in [3.8, 4) is 0 Å². The van der Waals surface area contributed by atoms with E-state index in [0.717, 1.165) is 6.26 Å². The van der Waals surface area contributed by atoms with Crippen LogP contribution in [0.1, 0.15) is 30.3 Å². The van der Waals surface area contributed by atoms with Gasteiger partial charge in [0.2, 0.25) is 16.8 Å². The Hall–Kier alpha value is -2.70. The molecule has 0 bridgehead atoms. The zero-order valence-electron chi connectivity index (χ0n) is 17.6. The molecular weight excluding hydrogens is 460 g/mol. The van der Waals surface area contributed by atoms with Crippen molar-refractivity contribution in [1.29, 1.82) is 0 Å². The lowest BCUT2D eigenvalue weighted by atomic mass is 9.97. The fraction of sp³-hybridized carbons (Fsp3) is 0.400. The summed E-state index contributed by atoms with van der Waals surface area (Å²) < 4.78 is 59.8. The molecule has 32 heavy (non-hydrogen) atoms. The second-order valence-electron chi connectivity index (χ2n) is 7.30. The SMILES string of the molecule is CCOC(=O)c1ccc(S(=O)(=O)N2CCC(C(=O)Nc3ccc(S(C)(=O)=O)cc3)CC2)o1. The third-order valence-electron chi connectivity index (χ3n) is 5.03. The standard InChI is InChI=1S/C20H24N2O8S2/c1-3-29-20(24)17-8-9-18(30-17)32(27,28)22-12-10-14(11-13-22)19(23)21-15-4-6-16(7-5-15)31(2,25)26/h4-9,14H,3,10-13H2,1-2H3,(H,21,23). The van der Waals surface area contributed by atoms with Gasteiger partial charge in [-0.2, -0.15) is 4.31 Å². The second-order valence-corrected chi connectivity index (χ2v) is 11.2. The maximum Gasteiger partial charge on any atom is 0.374 e. The van der Waals surface area contributed by atoms with Gasteiger partial charge in [0.1, 0.15) is 0 Å². The van der Waals surface area contributed by atoms with Crippen LogP contribution in [0.25, 0.3) is 0 Å². The molecule has 12 heteroatoms. The number of carbonyl (C=O) groups is 2. The molecule has 2 heterocycles. The van der Waals surface area contributed by atoms with Gasteiger partial charge in [0.05, 0.1) is 11.5 Å². The van der Waals surface area contributed by atoms with E-state index in [2.05, 4.69) is 5.32 Å². The van der Waals surface area contributed by atoms with Crippen molar-refractivity contribution in [2.45, 2.75) is 29.8 Å². The summed E-state index contributed by atoms with van der Waals surface area (Å²) in [7, 11) is -7.27. The summed E-state index contributed by atoms with van der Waals surface area (Å²) in [5, 5.41) is 2.38. The van der Waals surface area contributed by atoms with Crippen LogP contribution in [0, 0.1) is 5.92 Å². The number of anilines is 1. The van der Waals surface area contributed by atoms with Crippen LogP contribution in [0.5, 0.6) is 0 Å². The van der Waals surface area contributed by atoms with E-state index in [1.54, 1.807) is 6.92 Å². The molecule has 3 rings (SSSR count). The number of benzene rings is 1. The van der Waals surface area contributed by atoms with Crippen molar-refractivity contribution >= 4 is 37.4 Å². The van der Waals surface area contributed by atoms with E-state index in [1.165, 1.54) is 40.7 Å². The highest BCUT2D eigenvalue weighted by Gasteiger charge is 2.34. The number of esters is 1. The molecule has 0 atom stereocenters. The summed E-state index contributed by atoms with van der Waals surface area (Å²) in [6.45, 7) is 1.99. The highest BCUT2D eigenvalue weighted by atomic mass is 32.2. The summed E-state index contributed by atoms with van der Waals surface area (Å²) in [6, 6.07) is 8.29. The second kappa shape index (κ2) is 9.43. The van der Waals surface area contributed by atoms with Crippen molar-refractivity contribution < 1.29 is 35.6 Å². The molecule has 1 saturated heterocycles. The normalized spacial score (nSPS) is 15.9. The van der Waals surface area contributed by atoms with E-state index in [4.69, 9.17) is 9.15 Å². The van der Waals surface area contributed by atoms with Crippen LogP contribution >= 0.6 is 0 Å². The molecule has 1 aliphatic heterocycles. The number of piperidine rings is 1. The summed E-state index contributed by atoms with van der Waals surface area (Å²) in [5.41, 5.74) is 0.458. The maximum absolute atomic E-state index is 12.8. The molecule has 1 aromatic heterocycles. The van der Waals surface area contributed by atoms with Gasteiger partial charge in [-0.25, -0.2) is 21.6 Å². The molecule has 2 aromatic rings. The van der Waals surface area contributed by atoms with Gasteiger partial charge in [-0.05, 0) is 56.2 Å². The molecule has 0 aliphatic carbocycles. The number of amides is 1. The first-order chi connectivity index (χ1) is 15.0. The highest BCUT2D eigenvalue weighted by molar-refractivity contribution is 7.90. The number of hydrogen-bond acceptors (Lipinski definition) is 8. The number of furan rings is 1.